The highest BCUT2D eigenvalue weighted by atomic mass is 16.5. The molecule has 0 unspecified atom stereocenters. The fourth-order valence-corrected chi connectivity index (χ4v) is 3.15. The highest BCUT2D eigenvalue weighted by molar-refractivity contribution is 5.42. The monoisotopic (exact) mass is 306 g/mol. The van der Waals surface area contributed by atoms with Crippen LogP contribution in [-0.4, -0.2) is 42.8 Å². The molecule has 1 atom stereocenters. The third kappa shape index (κ3) is 4.62. The predicted octanol–water partition coefficient (Wildman–Crippen LogP) is 3.32. The van der Waals surface area contributed by atoms with Gasteiger partial charge < -0.3 is 15.2 Å². The second-order valence-electron chi connectivity index (χ2n) is 5.96. The van der Waals surface area contributed by atoms with Crippen LogP contribution in [0.1, 0.15) is 51.1 Å². The van der Waals surface area contributed by atoms with Gasteiger partial charge in [-0.3, -0.25) is 4.90 Å². The Hall–Kier alpha value is -1.26. The number of aromatic hydroxyl groups is 1. The van der Waals surface area contributed by atoms with E-state index < -0.39 is 0 Å². The van der Waals surface area contributed by atoms with Gasteiger partial charge in [-0.25, -0.2) is 0 Å². The molecule has 22 heavy (non-hydrogen) atoms. The summed E-state index contributed by atoms with van der Waals surface area (Å²) < 4.78 is 5.56. The van der Waals surface area contributed by atoms with E-state index in [9.17, 15) is 5.11 Å². The number of phenols is 1. The van der Waals surface area contributed by atoms with Crippen LogP contribution in [0.2, 0.25) is 0 Å². The van der Waals surface area contributed by atoms with Gasteiger partial charge in [0.15, 0.2) is 11.5 Å². The van der Waals surface area contributed by atoms with Gasteiger partial charge in [-0.1, -0.05) is 32.3 Å². The van der Waals surface area contributed by atoms with Crippen LogP contribution < -0.4 is 10.1 Å². The number of unbranched alkanes of at least 4 members (excludes halogenated alkanes) is 2. The zero-order valence-electron chi connectivity index (χ0n) is 14.0. The summed E-state index contributed by atoms with van der Waals surface area (Å²) in [4.78, 5) is 2.56. The van der Waals surface area contributed by atoms with Crippen molar-refractivity contribution < 1.29 is 9.84 Å². The lowest BCUT2D eigenvalue weighted by Gasteiger charge is -2.35. The Kier molecular flexibility index (Phi) is 7.00. The SMILES string of the molecule is CCCCC[C@H](c1ccc(O)c(OCC)c1)N1CCNCC1. The normalized spacial score (nSPS) is 17.4. The Balaban J connectivity index is 2.16. The van der Waals surface area contributed by atoms with E-state index in [4.69, 9.17) is 4.74 Å². The van der Waals surface area contributed by atoms with Gasteiger partial charge in [-0.2, -0.15) is 0 Å². The van der Waals surface area contributed by atoms with Crippen LogP contribution in [-0.2, 0) is 0 Å². The standard InChI is InChI=1S/C18H30N2O2/c1-3-5-6-7-16(20-12-10-19-11-13-20)15-8-9-17(21)18(14-15)22-4-2/h8-9,14,16,19,21H,3-7,10-13H2,1-2H3/t16-/m1/s1. The molecule has 0 spiro atoms. The number of ether oxygens (including phenoxy) is 1. The minimum Gasteiger partial charge on any atom is -0.504 e. The van der Waals surface area contributed by atoms with Crippen LogP contribution in [0.15, 0.2) is 18.2 Å². The zero-order chi connectivity index (χ0) is 15.8. The number of phenolic OH excluding ortho intramolecular Hbond substituents is 1. The first-order valence-corrected chi connectivity index (χ1v) is 8.66. The molecule has 2 N–H and O–H groups in total. The van der Waals surface area contributed by atoms with Crippen LogP contribution in [0, 0.1) is 0 Å². The van der Waals surface area contributed by atoms with Crippen molar-refractivity contribution in [1.82, 2.24) is 10.2 Å². The third-order valence-electron chi connectivity index (χ3n) is 4.34. The summed E-state index contributed by atoms with van der Waals surface area (Å²) in [6.45, 7) is 9.05. The lowest BCUT2D eigenvalue weighted by molar-refractivity contribution is 0.162. The number of hydrogen-bond acceptors (Lipinski definition) is 4. The van der Waals surface area contributed by atoms with Crippen LogP contribution in [0.25, 0.3) is 0 Å². The molecule has 1 aromatic rings. The molecular formula is C18H30N2O2. The fraction of sp³-hybridized carbons (Fsp3) is 0.667. The van der Waals surface area contributed by atoms with Gasteiger partial charge in [-0.15, -0.1) is 0 Å². The van der Waals surface area contributed by atoms with Crippen molar-refractivity contribution in [2.45, 2.75) is 45.6 Å². The maximum Gasteiger partial charge on any atom is 0.161 e. The largest absolute Gasteiger partial charge is 0.504 e. The zero-order valence-corrected chi connectivity index (χ0v) is 14.0. The molecule has 1 aromatic carbocycles. The quantitative estimate of drug-likeness (QED) is 0.723. The average Bonchev–Trinajstić information content (AvgIpc) is 2.55. The third-order valence-corrected chi connectivity index (χ3v) is 4.34. The Morgan fingerprint density at radius 1 is 1.23 bits per heavy atom. The Morgan fingerprint density at radius 2 is 2.00 bits per heavy atom. The highest BCUT2D eigenvalue weighted by Gasteiger charge is 2.22. The minimum atomic E-state index is 0.234. The number of nitrogens with zero attached hydrogens (tertiary/aromatic N) is 1. The molecule has 1 fully saturated rings. The maximum absolute atomic E-state index is 9.92. The van der Waals surface area contributed by atoms with E-state index in [0.717, 1.165) is 26.2 Å². The van der Waals surface area contributed by atoms with Gasteiger partial charge in [0.25, 0.3) is 0 Å². The first-order valence-electron chi connectivity index (χ1n) is 8.66. The molecule has 1 saturated heterocycles. The summed E-state index contributed by atoms with van der Waals surface area (Å²) in [7, 11) is 0. The summed E-state index contributed by atoms with van der Waals surface area (Å²) in [5.74, 6) is 0.842. The molecule has 4 nitrogen and oxygen atoms in total. The smallest absolute Gasteiger partial charge is 0.161 e. The Bertz CT molecular complexity index is 445. The molecule has 0 saturated carbocycles. The van der Waals surface area contributed by atoms with Crippen molar-refractivity contribution in [3.8, 4) is 11.5 Å². The van der Waals surface area contributed by atoms with Crippen molar-refractivity contribution in [3.63, 3.8) is 0 Å². The molecule has 1 aliphatic rings. The van der Waals surface area contributed by atoms with E-state index in [2.05, 4.69) is 23.2 Å². The summed E-state index contributed by atoms with van der Waals surface area (Å²) in [6, 6.07) is 6.28. The van der Waals surface area contributed by atoms with Crippen LogP contribution >= 0.6 is 0 Å². The number of piperazine rings is 1. The molecule has 0 bridgehead atoms. The van der Waals surface area contributed by atoms with Gasteiger partial charge in [0.1, 0.15) is 0 Å². The fourth-order valence-electron chi connectivity index (χ4n) is 3.15. The molecule has 0 radical (unpaired) electrons. The molecule has 0 aliphatic carbocycles. The highest BCUT2D eigenvalue weighted by Crippen LogP contribution is 2.34. The summed E-state index contributed by atoms with van der Waals surface area (Å²) in [5, 5.41) is 13.3. The van der Waals surface area contributed by atoms with Gasteiger partial charge in [0.05, 0.1) is 6.61 Å². The van der Waals surface area contributed by atoms with Crippen LogP contribution in [0.3, 0.4) is 0 Å². The summed E-state index contributed by atoms with van der Waals surface area (Å²) in [6.07, 6.45) is 4.94. The van der Waals surface area contributed by atoms with Gasteiger partial charge in [0.2, 0.25) is 0 Å². The molecule has 2 rings (SSSR count). The molecular weight excluding hydrogens is 276 g/mol. The van der Waals surface area contributed by atoms with E-state index in [1.165, 1.54) is 31.2 Å². The summed E-state index contributed by atoms with van der Waals surface area (Å²) >= 11 is 0. The van der Waals surface area contributed by atoms with Crippen molar-refractivity contribution in [1.29, 1.82) is 0 Å². The van der Waals surface area contributed by atoms with E-state index in [-0.39, 0.29) is 5.75 Å². The van der Waals surface area contributed by atoms with Crippen molar-refractivity contribution in [2.75, 3.05) is 32.8 Å². The Labute approximate surface area is 134 Å². The first kappa shape index (κ1) is 17.1. The topological polar surface area (TPSA) is 44.7 Å². The number of benzene rings is 1. The molecule has 124 valence electrons. The van der Waals surface area contributed by atoms with Crippen LogP contribution in [0.5, 0.6) is 11.5 Å². The predicted molar refractivity (Wildman–Crippen MR) is 90.6 cm³/mol. The first-order chi connectivity index (χ1) is 10.8. The minimum absolute atomic E-state index is 0.234. The van der Waals surface area contributed by atoms with E-state index in [0.29, 0.717) is 18.4 Å². The number of hydrogen-bond donors (Lipinski definition) is 2. The number of nitrogens with one attached hydrogen (secondary N) is 1. The second-order valence-corrected chi connectivity index (χ2v) is 5.96. The maximum atomic E-state index is 9.92. The molecule has 1 heterocycles. The van der Waals surface area contributed by atoms with Crippen molar-refractivity contribution >= 4 is 0 Å². The van der Waals surface area contributed by atoms with Crippen LogP contribution in [0.4, 0.5) is 0 Å². The number of rotatable bonds is 8. The van der Waals surface area contributed by atoms with E-state index >= 15 is 0 Å². The molecule has 0 aromatic heterocycles. The molecule has 0 amide bonds. The second kappa shape index (κ2) is 9.01. The lowest BCUT2D eigenvalue weighted by atomic mass is 9.97. The average molecular weight is 306 g/mol. The molecule has 4 heteroatoms. The Morgan fingerprint density at radius 3 is 2.68 bits per heavy atom. The summed E-state index contributed by atoms with van der Waals surface area (Å²) in [5.41, 5.74) is 1.26. The van der Waals surface area contributed by atoms with Gasteiger partial charge >= 0.3 is 0 Å². The lowest BCUT2D eigenvalue weighted by Crippen LogP contribution is -2.45. The van der Waals surface area contributed by atoms with Crippen molar-refractivity contribution in [3.05, 3.63) is 23.8 Å². The molecule has 1 aliphatic heterocycles. The van der Waals surface area contributed by atoms with Gasteiger partial charge in [0, 0.05) is 32.2 Å². The van der Waals surface area contributed by atoms with E-state index in [1.54, 1.807) is 6.07 Å². The van der Waals surface area contributed by atoms with Gasteiger partial charge in [-0.05, 0) is 31.0 Å². The van der Waals surface area contributed by atoms with Crippen molar-refractivity contribution in [2.24, 2.45) is 0 Å². The van der Waals surface area contributed by atoms with E-state index in [1.807, 2.05) is 13.0 Å².